The molecule has 0 amide bonds. The first-order valence-electron chi connectivity index (χ1n) is 11.0. The molecule has 0 atom stereocenters. The Morgan fingerprint density at radius 2 is 1.79 bits per heavy atom. The molecule has 4 aromatic rings. The van der Waals surface area contributed by atoms with Crippen molar-refractivity contribution in [3.63, 3.8) is 0 Å². The fourth-order valence-corrected chi connectivity index (χ4v) is 4.51. The molecule has 33 heavy (non-hydrogen) atoms. The zero-order valence-electron chi connectivity index (χ0n) is 18.3. The van der Waals surface area contributed by atoms with Crippen LogP contribution in [0.2, 0.25) is 5.02 Å². The van der Waals surface area contributed by atoms with E-state index in [-0.39, 0.29) is 5.02 Å². The molecule has 3 heterocycles. The average molecular weight is 463 g/mol. The Morgan fingerprint density at radius 1 is 1.03 bits per heavy atom. The van der Waals surface area contributed by atoms with Crippen LogP contribution in [0.4, 0.5) is 10.2 Å². The summed E-state index contributed by atoms with van der Waals surface area (Å²) in [4.78, 5) is 6.88. The van der Waals surface area contributed by atoms with Crippen LogP contribution in [0.1, 0.15) is 24.2 Å². The van der Waals surface area contributed by atoms with Gasteiger partial charge in [0.25, 0.3) is 0 Å². The summed E-state index contributed by atoms with van der Waals surface area (Å²) in [6.07, 6.45) is 4.31. The Hall–Kier alpha value is -3.29. The molecule has 1 saturated heterocycles. The number of nitrogens with two attached hydrogens (primary N) is 1. The maximum Gasteiger partial charge on any atom is 0.172 e. The van der Waals surface area contributed by atoms with E-state index in [4.69, 9.17) is 17.3 Å². The third-order valence-corrected chi connectivity index (χ3v) is 6.42. The van der Waals surface area contributed by atoms with Crippen LogP contribution in [-0.2, 0) is 6.54 Å². The largest absolute Gasteiger partial charge is 0.383 e. The first-order valence-corrected chi connectivity index (χ1v) is 11.3. The van der Waals surface area contributed by atoms with Gasteiger partial charge < -0.3 is 5.73 Å². The van der Waals surface area contributed by atoms with Crippen LogP contribution < -0.4 is 5.73 Å². The van der Waals surface area contributed by atoms with Crippen LogP contribution in [-0.4, -0.2) is 37.7 Å². The minimum Gasteiger partial charge on any atom is -0.383 e. The van der Waals surface area contributed by atoms with E-state index in [9.17, 15) is 4.39 Å². The van der Waals surface area contributed by atoms with Crippen LogP contribution in [0.15, 0.2) is 54.7 Å². The summed E-state index contributed by atoms with van der Waals surface area (Å²) < 4.78 is 15.8. The standard InChI is InChI=1S/C25H24ClFN6/c1-16-30-31-25(33(16)22-6-4-5-21(27)23(22)26)20-13-19(14-29-24(20)28)18-9-7-17(8-10-18)15-32-11-2-3-12-32/h4-10,13-14H,2-3,11-12,15H2,1H3,(H2,28,29). The molecule has 2 aromatic heterocycles. The number of pyridine rings is 1. The minimum absolute atomic E-state index is 0.00192. The molecular formula is C25H24ClFN6. The first kappa shape index (κ1) is 21.6. The predicted octanol–water partition coefficient (Wildman–Crippen LogP) is 5.28. The van der Waals surface area contributed by atoms with Gasteiger partial charge in [-0.2, -0.15) is 0 Å². The van der Waals surface area contributed by atoms with Gasteiger partial charge in [-0.25, -0.2) is 9.37 Å². The molecule has 0 aliphatic carbocycles. The highest BCUT2D eigenvalue weighted by Crippen LogP contribution is 2.33. The molecule has 2 N–H and O–H groups in total. The molecule has 168 valence electrons. The SMILES string of the molecule is Cc1nnc(-c2cc(-c3ccc(CN4CCCC4)cc3)cnc2N)n1-c1cccc(F)c1Cl. The highest BCUT2D eigenvalue weighted by molar-refractivity contribution is 6.32. The predicted molar refractivity (Wildman–Crippen MR) is 129 cm³/mol. The summed E-state index contributed by atoms with van der Waals surface area (Å²) in [5, 5.41) is 8.49. The number of rotatable bonds is 5. The Balaban J connectivity index is 1.51. The quantitative estimate of drug-likeness (QED) is 0.437. The van der Waals surface area contributed by atoms with Crippen molar-refractivity contribution < 1.29 is 4.39 Å². The van der Waals surface area contributed by atoms with Crippen molar-refractivity contribution in [3.05, 3.63) is 77.0 Å². The fourth-order valence-electron chi connectivity index (χ4n) is 4.30. The third kappa shape index (κ3) is 4.21. The van der Waals surface area contributed by atoms with E-state index in [1.807, 2.05) is 6.07 Å². The van der Waals surface area contributed by atoms with E-state index in [0.29, 0.717) is 28.7 Å². The van der Waals surface area contributed by atoms with E-state index in [1.165, 1.54) is 37.6 Å². The summed E-state index contributed by atoms with van der Waals surface area (Å²) in [6, 6.07) is 15.1. The molecule has 1 aliphatic heterocycles. The van der Waals surface area contributed by atoms with Crippen molar-refractivity contribution in [1.82, 2.24) is 24.6 Å². The number of anilines is 1. The lowest BCUT2D eigenvalue weighted by Crippen LogP contribution is -2.18. The summed E-state index contributed by atoms with van der Waals surface area (Å²) in [5.41, 5.74) is 10.5. The Labute approximate surface area is 196 Å². The summed E-state index contributed by atoms with van der Waals surface area (Å²) in [7, 11) is 0. The molecule has 2 aromatic carbocycles. The van der Waals surface area contributed by atoms with Crippen LogP contribution in [0.25, 0.3) is 28.2 Å². The summed E-state index contributed by atoms with van der Waals surface area (Å²) in [5.74, 6) is 0.818. The van der Waals surface area contributed by atoms with Gasteiger partial charge in [0.2, 0.25) is 0 Å². The second kappa shape index (κ2) is 8.92. The number of aryl methyl sites for hydroxylation is 1. The van der Waals surface area contributed by atoms with Gasteiger partial charge in [-0.3, -0.25) is 9.47 Å². The maximum absolute atomic E-state index is 14.1. The molecule has 0 saturated carbocycles. The molecule has 0 unspecified atom stereocenters. The molecule has 1 fully saturated rings. The molecule has 5 rings (SSSR count). The van der Waals surface area contributed by atoms with E-state index in [2.05, 4.69) is 44.3 Å². The maximum atomic E-state index is 14.1. The molecule has 6 nitrogen and oxygen atoms in total. The molecule has 0 bridgehead atoms. The van der Waals surface area contributed by atoms with Gasteiger partial charge in [-0.15, -0.1) is 10.2 Å². The fraction of sp³-hybridized carbons (Fsp3) is 0.240. The van der Waals surface area contributed by atoms with Crippen LogP contribution in [0, 0.1) is 12.7 Å². The van der Waals surface area contributed by atoms with Crippen molar-refractivity contribution in [2.75, 3.05) is 18.8 Å². The van der Waals surface area contributed by atoms with E-state index < -0.39 is 5.82 Å². The second-order valence-corrected chi connectivity index (χ2v) is 8.69. The summed E-state index contributed by atoms with van der Waals surface area (Å²) in [6.45, 7) is 5.09. The van der Waals surface area contributed by atoms with Crippen molar-refractivity contribution in [2.45, 2.75) is 26.3 Å². The number of nitrogen functional groups attached to an aromatic ring is 1. The lowest BCUT2D eigenvalue weighted by molar-refractivity contribution is 0.331. The molecule has 1 aliphatic rings. The van der Waals surface area contributed by atoms with Gasteiger partial charge in [0.15, 0.2) is 5.82 Å². The van der Waals surface area contributed by atoms with Crippen LogP contribution in [0.5, 0.6) is 0 Å². The number of halogens is 2. The van der Waals surface area contributed by atoms with Crippen LogP contribution in [0.3, 0.4) is 0 Å². The minimum atomic E-state index is -0.512. The Morgan fingerprint density at radius 3 is 2.55 bits per heavy atom. The Kier molecular flexibility index (Phi) is 5.83. The van der Waals surface area contributed by atoms with Gasteiger partial charge in [-0.05, 0) is 62.2 Å². The van der Waals surface area contributed by atoms with E-state index in [0.717, 1.165) is 17.7 Å². The number of hydrogen-bond acceptors (Lipinski definition) is 5. The number of benzene rings is 2. The topological polar surface area (TPSA) is 72.9 Å². The normalized spacial score (nSPS) is 14.2. The van der Waals surface area contributed by atoms with Gasteiger partial charge in [0.05, 0.1) is 11.3 Å². The first-order chi connectivity index (χ1) is 16.0. The molecular weight excluding hydrogens is 439 g/mol. The zero-order chi connectivity index (χ0) is 22.9. The van der Waals surface area contributed by atoms with E-state index in [1.54, 1.807) is 29.8 Å². The molecule has 0 spiro atoms. The van der Waals surface area contributed by atoms with Crippen molar-refractivity contribution in [3.8, 4) is 28.2 Å². The lowest BCUT2D eigenvalue weighted by atomic mass is 10.0. The van der Waals surface area contributed by atoms with Gasteiger partial charge >= 0.3 is 0 Å². The monoisotopic (exact) mass is 462 g/mol. The number of nitrogens with zero attached hydrogens (tertiary/aromatic N) is 5. The highest BCUT2D eigenvalue weighted by Gasteiger charge is 2.20. The summed E-state index contributed by atoms with van der Waals surface area (Å²) >= 11 is 6.26. The molecule has 0 radical (unpaired) electrons. The number of aromatic nitrogens is 4. The Bertz CT molecular complexity index is 1300. The van der Waals surface area contributed by atoms with Gasteiger partial charge in [-0.1, -0.05) is 41.9 Å². The number of likely N-dealkylation sites (tertiary alicyclic amines) is 1. The zero-order valence-corrected chi connectivity index (χ0v) is 19.1. The van der Waals surface area contributed by atoms with Crippen molar-refractivity contribution in [1.29, 1.82) is 0 Å². The van der Waals surface area contributed by atoms with E-state index >= 15 is 0 Å². The van der Waals surface area contributed by atoms with Crippen LogP contribution >= 0.6 is 11.6 Å². The third-order valence-electron chi connectivity index (χ3n) is 6.05. The van der Waals surface area contributed by atoms with Gasteiger partial charge in [0, 0.05) is 18.3 Å². The highest BCUT2D eigenvalue weighted by atomic mass is 35.5. The van der Waals surface area contributed by atoms with Crippen molar-refractivity contribution >= 4 is 17.4 Å². The van der Waals surface area contributed by atoms with Crippen molar-refractivity contribution in [2.24, 2.45) is 0 Å². The number of hydrogen-bond donors (Lipinski definition) is 1. The smallest absolute Gasteiger partial charge is 0.172 e. The average Bonchev–Trinajstić information content (AvgIpc) is 3.46. The lowest BCUT2D eigenvalue weighted by Gasteiger charge is -2.15. The second-order valence-electron chi connectivity index (χ2n) is 8.32. The molecule has 8 heteroatoms. The van der Waals surface area contributed by atoms with Gasteiger partial charge in [0.1, 0.15) is 22.5 Å².